The molecule has 0 amide bonds. The molecular weight excluding hydrogens is 591 g/mol. The molecule has 0 unspecified atom stereocenters. The summed E-state index contributed by atoms with van der Waals surface area (Å²) in [5, 5.41) is 0.779. The van der Waals surface area contributed by atoms with Gasteiger partial charge in [0.05, 0.1) is 16.7 Å². The Hall–Kier alpha value is -2.95. The van der Waals surface area contributed by atoms with Crippen molar-refractivity contribution in [2.45, 2.75) is 72.1 Å². The summed E-state index contributed by atoms with van der Waals surface area (Å²) < 4.78 is 15.0. The second kappa shape index (κ2) is 12.0. The van der Waals surface area contributed by atoms with Gasteiger partial charge in [-0.3, -0.25) is 19.2 Å². The zero-order valence-corrected chi connectivity index (χ0v) is 26.3. The maximum absolute atomic E-state index is 13.2. The van der Waals surface area contributed by atoms with E-state index in [9.17, 15) is 19.2 Å². The van der Waals surface area contributed by atoms with E-state index in [4.69, 9.17) is 14.5 Å². The first kappa shape index (κ1) is 29.1. The number of rotatable bonds is 7. The summed E-state index contributed by atoms with van der Waals surface area (Å²) in [5.41, 5.74) is 0.499. The van der Waals surface area contributed by atoms with Crippen molar-refractivity contribution in [1.82, 2.24) is 4.98 Å². The molecule has 0 N–H and O–H groups in total. The number of ketones is 2. The van der Waals surface area contributed by atoms with Crippen LogP contribution < -0.4 is 9.47 Å². The van der Waals surface area contributed by atoms with Gasteiger partial charge >= 0.3 is 11.9 Å². The van der Waals surface area contributed by atoms with Crippen LogP contribution in [0.5, 0.6) is 11.5 Å². The highest BCUT2D eigenvalue weighted by atomic mass is 32.1. The van der Waals surface area contributed by atoms with Crippen LogP contribution in [0.3, 0.4) is 0 Å². The fraction of sp³-hybridized carbons (Fsp3) is 0.469. The molecule has 4 aromatic rings. The fourth-order valence-electron chi connectivity index (χ4n) is 6.14. The van der Waals surface area contributed by atoms with Crippen LogP contribution in [-0.2, 0) is 19.2 Å². The topological polar surface area (TPSA) is 99.6 Å². The number of aromatic nitrogens is 1. The molecule has 42 heavy (non-hydrogen) atoms. The van der Waals surface area contributed by atoms with E-state index in [2.05, 4.69) is 19.1 Å². The first-order valence-corrected chi connectivity index (χ1v) is 17.0. The number of thiazole rings is 1. The molecule has 0 atom stereocenters. The summed E-state index contributed by atoms with van der Waals surface area (Å²) in [6.45, 7) is 5.32. The highest BCUT2D eigenvalue weighted by Gasteiger charge is 2.32. The normalized spacial score (nSPS) is 22.7. The number of aryl methyl sites for hydroxylation is 1. The summed E-state index contributed by atoms with van der Waals surface area (Å²) >= 11 is 4.83. The Labute approximate surface area is 256 Å². The van der Waals surface area contributed by atoms with Crippen LogP contribution in [0.4, 0.5) is 0 Å². The third-order valence-electron chi connectivity index (χ3n) is 8.70. The fourth-order valence-corrected chi connectivity index (χ4v) is 9.54. The monoisotopic (exact) mass is 623 g/mol. The average Bonchev–Trinajstić information content (AvgIpc) is 3.68. The second-order valence-electron chi connectivity index (χ2n) is 11.6. The molecule has 7 nitrogen and oxygen atoms in total. The lowest BCUT2D eigenvalue weighted by Gasteiger charge is -2.25. The maximum Gasteiger partial charge on any atom is 0.314 e. The first-order chi connectivity index (χ1) is 20.2. The standard InChI is InChI=1S/C32H33NO6S3/c1-16-14-25-26(40-16)15-27(41-25)30-33-28-23(38-31(36)21-8-4-19(5-9-21)17(2)34)12-13-24(29(28)42-30)39-32(37)22-10-6-20(7-11-22)18(3)35/h12-15,19-22H,4-11H2,1-3H3. The van der Waals surface area contributed by atoms with Crippen molar-refractivity contribution in [1.29, 1.82) is 0 Å². The lowest BCUT2D eigenvalue weighted by molar-refractivity contribution is -0.141. The Morgan fingerprint density at radius 3 is 1.74 bits per heavy atom. The number of ether oxygens (including phenoxy) is 2. The third kappa shape index (κ3) is 5.94. The van der Waals surface area contributed by atoms with Crippen molar-refractivity contribution in [3.63, 3.8) is 0 Å². The smallest absolute Gasteiger partial charge is 0.314 e. The van der Waals surface area contributed by atoms with Crippen molar-refractivity contribution in [3.05, 3.63) is 29.1 Å². The van der Waals surface area contributed by atoms with E-state index >= 15 is 0 Å². The van der Waals surface area contributed by atoms with Crippen molar-refractivity contribution in [2.75, 3.05) is 0 Å². The van der Waals surface area contributed by atoms with Gasteiger partial charge in [-0.15, -0.1) is 34.0 Å². The minimum atomic E-state index is -0.313. The highest BCUT2D eigenvalue weighted by molar-refractivity contribution is 7.32. The van der Waals surface area contributed by atoms with Crippen molar-refractivity contribution < 1.29 is 28.7 Å². The molecule has 0 aliphatic heterocycles. The first-order valence-electron chi connectivity index (χ1n) is 14.5. The van der Waals surface area contributed by atoms with Gasteiger partial charge in [-0.2, -0.15) is 0 Å². The van der Waals surface area contributed by atoms with Crippen LogP contribution >= 0.6 is 34.0 Å². The van der Waals surface area contributed by atoms with Gasteiger partial charge in [-0.05, 0) is 96.4 Å². The zero-order valence-electron chi connectivity index (χ0n) is 23.9. The number of benzene rings is 1. The number of fused-ring (bicyclic) bond motifs is 2. The molecule has 0 saturated heterocycles. The maximum atomic E-state index is 13.2. The number of thiophene rings is 2. The molecule has 2 saturated carbocycles. The molecule has 2 aliphatic rings. The van der Waals surface area contributed by atoms with Crippen LogP contribution in [0.1, 0.15) is 70.1 Å². The van der Waals surface area contributed by atoms with Crippen LogP contribution in [0.2, 0.25) is 0 Å². The Balaban J connectivity index is 1.28. The van der Waals surface area contributed by atoms with Gasteiger partial charge in [0.2, 0.25) is 0 Å². The number of carbonyl (C=O) groups is 4. The largest absolute Gasteiger partial charge is 0.425 e. The predicted octanol–water partition coefficient (Wildman–Crippen LogP) is 8.15. The molecule has 220 valence electrons. The number of hydrogen-bond donors (Lipinski definition) is 0. The number of nitrogens with zero attached hydrogens (tertiary/aromatic N) is 1. The molecule has 6 rings (SSSR count). The van der Waals surface area contributed by atoms with E-state index in [-0.39, 0.29) is 47.2 Å². The van der Waals surface area contributed by atoms with E-state index in [1.807, 2.05) is 0 Å². The van der Waals surface area contributed by atoms with Crippen LogP contribution in [0.25, 0.3) is 29.5 Å². The van der Waals surface area contributed by atoms with Crippen LogP contribution in [0.15, 0.2) is 24.3 Å². The van der Waals surface area contributed by atoms with Gasteiger partial charge in [0, 0.05) is 26.1 Å². The summed E-state index contributed by atoms with van der Waals surface area (Å²) in [6.07, 6.45) is 5.32. The van der Waals surface area contributed by atoms with E-state index in [1.165, 1.54) is 25.6 Å². The van der Waals surface area contributed by atoms with Gasteiger partial charge in [0.15, 0.2) is 11.5 Å². The number of hydrogen-bond acceptors (Lipinski definition) is 10. The van der Waals surface area contributed by atoms with Crippen molar-refractivity contribution in [2.24, 2.45) is 23.7 Å². The number of Topliss-reactive ketones (excluding diaryl/α,β-unsaturated/α-hetero) is 2. The second-order valence-corrected chi connectivity index (χ2v) is 15.0. The van der Waals surface area contributed by atoms with Crippen LogP contribution in [0, 0.1) is 30.6 Å². The third-order valence-corrected chi connectivity index (χ3v) is 12.2. The van der Waals surface area contributed by atoms with E-state index in [0.29, 0.717) is 73.1 Å². The van der Waals surface area contributed by atoms with E-state index in [1.54, 1.807) is 48.7 Å². The quantitative estimate of drug-likeness (QED) is 0.151. The molecule has 1 aromatic carbocycles. The number of carbonyl (C=O) groups excluding carboxylic acids is 4. The summed E-state index contributed by atoms with van der Waals surface area (Å²) in [5.74, 6) is 0.0464. The summed E-state index contributed by atoms with van der Waals surface area (Å²) in [6, 6.07) is 7.66. The molecule has 0 spiro atoms. The minimum Gasteiger partial charge on any atom is -0.425 e. The Morgan fingerprint density at radius 1 is 0.690 bits per heavy atom. The Kier molecular flexibility index (Phi) is 8.31. The molecule has 3 aromatic heterocycles. The van der Waals surface area contributed by atoms with Crippen molar-refractivity contribution in [3.8, 4) is 21.4 Å². The SMILES string of the molecule is CC(=O)C1CCC(C(=O)Oc2ccc(OC(=O)C3CCC(C(C)=O)CC3)c3sc(-c4cc5sc(C)cc5s4)nc23)CC1. The molecule has 2 aliphatic carbocycles. The lowest BCUT2D eigenvalue weighted by Crippen LogP contribution is -2.28. The Bertz CT molecular complexity index is 1560. The summed E-state index contributed by atoms with van der Waals surface area (Å²) in [7, 11) is 0. The molecular formula is C32H33NO6S3. The molecule has 3 heterocycles. The van der Waals surface area contributed by atoms with Gasteiger partial charge < -0.3 is 9.47 Å². The van der Waals surface area contributed by atoms with Crippen molar-refractivity contribution >= 4 is 77.1 Å². The van der Waals surface area contributed by atoms with Gasteiger partial charge in [-0.25, -0.2) is 4.98 Å². The number of esters is 2. The predicted molar refractivity (Wildman–Crippen MR) is 167 cm³/mol. The van der Waals surface area contributed by atoms with E-state index in [0.717, 1.165) is 9.88 Å². The average molecular weight is 624 g/mol. The minimum absolute atomic E-state index is 0.0255. The lowest BCUT2D eigenvalue weighted by atomic mass is 9.80. The summed E-state index contributed by atoms with van der Waals surface area (Å²) in [4.78, 5) is 57.1. The molecule has 0 radical (unpaired) electrons. The van der Waals surface area contributed by atoms with Gasteiger partial charge in [0.25, 0.3) is 0 Å². The molecule has 10 heteroatoms. The highest BCUT2D eigenvalue weighted by Crippen LogP contribution is 2.45. The van der Waals surface area contributed by atoms with Crippen LogP contribution in [-0.4, -0.2) is 28.5 Å². The Morgan fingerprint density at radius 2 is 1.19 bits per heavy atom. The molecule has 0 bridgehead atoms. The van der Waals surface area contributed by atoms with E-state index < -0.39 is 0 Å². The van der Waals surface area contributed by atoms with Gasteiger partial charge in [0.1, 0.15) is 26.8 Å². The van der Waals surface area contributed by atoms with Gasteiger partial charge in [-0.1, -0.05) is 0 Å². The zero-order chi connectivity index (χ0) is 29.5. The molecule has 2 fully saturated rings.